The first-order valence-electron chi connectivity index (χ1n) is 10.9. The molecule has 1 aliphatic heterocycles. The van der Waals surface area contributed by atoms with E-state index in [4.69, 9.17) is 9.72 Å². The van der Waals surface area contributed by atoms with Crippen molar-refractivity contribution in [2.75, 3.05) is 32.1 Å². The lowest BCUT2D eigenvalue weighted by atomic mass is 10.0. The number of nitrogens with zero attached hydrogens (tertiary/aromatic N) is 5. The van der Waals surface area contributed by atoms with Crippen LogP contribution in [0.25, 0.3) is 11.1 Å². The average molecular weight is 432 g/mol. The van der Waals surface area contributed by atoms with E-state index < -0.39 is 0 Å². The molecule has 1 saturated heterocycles. The van der Waals surface area contributed by atoms with Gasteiger partial charge < -0.3 is 14.5 Å². The fourth-order valence-electron chi connectivity index (χ4n) is 4.20. The van der Waals surface area contributed by atoms with E-state index in [0.717, 1.165) is 46.5 Å². The van der Waals surface area contributed by atoms with Gasteiger partial charge in [0.15, 0.2) is 6.61 Å². The molecule has 1 aliphatic rings. The number of benzene rings is 1. The number of carbonyl (C=O) groups is 1. The van der Waals surface area contributed by atoms with Crippen molar-refractivity contribution >= 4 is 11.9 Å². The summed E-state index contributed by atoms with van der Waals surface area (Å²) in [6.07, 6.45) is 7.15. The van der Waals surface area contributed by atoms with Crippen molar-refractivity contribution in [1.29, 1.82) is 0 Å². The monoisotopic (exact) mass is 431 g/mol. The van der Waals surface area contributed by atoms with E-state index in [-0.39, 0.29) is 18.6 Å². The molecule has 3 aromatic rings. The molecule has 2 aromatic heterocycles. The first kappa shape index (κ1) is 21.7. The topological polar surface area (TPSA) is 71.5 Å². The van der Waals surface area contributed by atoms with E-state index in [9.17, 15) is 4.79 Å². The summed E-state index contributed by atoms with van der Waals surface area (Å²) >= 11 is 0. The molecule has 1 fully saturated rings. The molecular weight excluding hydrogens is 402 g/mol. The Balaban J connectivity index is 1.62. The molecule has 32 heavy (non-hydrogen) atoms. The van der Waals surface area contributed by atoms with Gasteiger partial charge in [-0.3, -0.25) is 9.78 Å². The highest BCUT2D eigenvalue weighted by Gasteiger charge is 2.33. The largest absolute Gasteiger partial charge is 0.483 e. The van der Waals surface area contributed by atoms with Gasteiger partial charge in [-0.1, -0.05) is 18.2 Å². The first-order valence-corrected chi connectivity index (χ1v) is 10.9. The number of hydrogen-bond donors (Lipinski definition) is 0. The molecule has 166 valence electrons. The van der Waals surface area contributed by atoms with Gasteiger partial charge in [0, 0.05) is 44.8 Å². The summed E-state index contributed by atoms with van der Waals surface area (Å²) in [5.41, 5.74) is 4.85. The van der Waals surface area contributed by atoms with E-state index >= 15 is 0 Å². The second kappa shape index (κ2) is 9.34. The van der Waals surface area contributed by atoms with Crippen molar-refractivity contribution < 1.29 is 9.53 Å². The van der Waals surface area contributed by atoms with Gasteiger partial charge in [-0.05, 0) is 55.5 Å². The Morgan fingerprint density at radius 1 is 1.16 bits per heavy atom. The fraction of sp³-hybridized carbons (Fsp3) is 0.360. The molecule has 3 heterocycles. The number of likely N-dealkylation sites (tertiary alicyclic amines) is 1. The van der Waals surface area contributed by atoms with Crippen LogP contribution in [0.2, 0.25) is 0 Å². The zero-order valence-electron chi connectivity index (χ0n) is 19.1. The highest BCUT2D eigenvalue weighted by molar-refractivity contribution is 5.79. The highest BCUT2D eigenvalue weighted by atomic mass is 16.5. The quantitative estimate of drug-likeness (QED) is 0.588. The van der Waals surface area contributed by atoms with E-state index in [2.05, 4.69) is 9.97 Å². The Kier molecular flexibility index (Phi) is 6.35. The van der Waals surface area contributed by atoms with Crippen LogP contribution in [0, 0.1) is 13.8 Å². The molecular formula is C25H29N5O2. The number of hydrogen-bond acceptors (Lipinski definition) is 6. The smallest absolute Gasteiger partial charge is 0.261 e. The van der Waals surface area contributed by atoms with Crippen LogP contribution in [0.5, 0.6) is 5.75 Å². The van der Waals surface area contributed by atoms with Crippen LogP contribution in [0.3, 0.4) is 0 Å². The minimum Gasteiger partial charge on any atom is -0.483 e. The molecule has 1 amide bonds. The number of anilines is 1. The second-order valence-electron chi connectivity index (χ2n) is 8.35. The molecule has 0 unspecified atom stereocenters. The summed E-state index contributed by atoms with van der Waals surface area (Å²) in [4.78, 5) is 30.5. The molecule has 4 rings (SSSR count). The van der Waals surface area contributed by atoms with Crippen LogP contribution in [-0.2, 0) is 4.79 Å². The third-order valence-electron chi connectivity index (χ3n) is 5.83. The Morgan fingerprint density at radius 3 is 2.56 bits per heavy atom. The van der Waals surface area contributed by atoms with E-state index in [0.29, 0.717) is 12.5 Å². The van der Waals surface area contributed by atoms with Gasteiger partial charge in [0.05, 0.1) is 11.7 Å². The lowest BCUT2D eigenvalue weighted by Crippen LogP contribution is -2.35. The standard InChI is InChI=1S/C25H29N5O2/c1-17-7-5-8-18(2)24(17)32-16-22(31)30-14-6-9-21(30)23-20(19-10-12-26-13-11-19)15-27-25(28-23)29(3)4/h5,7-8,10-13,15,21H,6,9,14,16H2,1-4H3/t21-/m1/s1. The van der Waals surface area contributed by atoms with Gasteiger partial charge in [0.1, 0.15) is 5.75 Å². The molecule has 0 spiro atoms. The zero-order valence-corrected chi connectivity index (χ0v) is 19.1. The molecule has 0 N–H and O–H groups in total. The van der Waals surface area contributed by atoms with Gasteiger partial charge >= 0.3 is 0 Å². The normalized spacial score (nSPS) is 15.6. The van der Waals surface area contributed by atoms with Crippen molar-refractivity contribution in [3.05, 3.63) is 65.7 Å². The number of rotatable bonds is 6. The highest BCUT2D eigenvalue weighted by Crippen LogP contribution is 2.37. The molecule has 7 heteroatoms. The van der Waals surface area contributed by atoms with Crippen molar-refractivity contribution in [2.24, 2.45) is 0 Å². The number of amides is 1. The third-order valence-corrected chi connectivity index (χ3v) is 5.83. The second-order valence-corrected chi connectivity index (χ2v) is 8.35. The summed E-state index contributed by atoms with van der Waals surface area (Å²) in [6, 6.07) is 9.76. The SMILES string of the molecule is Cc1cccc(C)c1OCC(=O)N1CCC[C@@H]1c1nc(N(C)C)ncc1-c1ccncc1. The molecule has 0 aliphatic carbocycles. The van der Waals surface area contributed by atoms with Crippen molar-refractivity contribution in [3.63, 3.8) is 0 Å². The van der Waals surface area contributed by atoms with Crippen molar-refractivity contribution in [2.45, 2.75) is 32.7 Å². The minimum atomic E-state index is -0.117. The van der Waals surface area contributed by atoms with Gasteiger partial charge in [-0.15, -0.1) is 0 Å². The van der Waals surface area contributed by atoms with Crippen LogP contribution in [-0.4, -0.2) is 53.0 Å². The number of aromatic nitrogens is 3. The summed E-state index contributed by atoms with van der Waals surface area (Å²) in [6.45, 7) is 4.70. The maximum absolute atomic E-state index is 13.2. The van der Waals surface area contributed by atoms with Gasteiger partial charge in [-0.25, -0.2) is 9.97 Å². The van der Waals surface area contributed by atoms with E-state index in [1.54, 1.807) is 12.4 Å². The zero-order chi connectivity index (χ0) is 22.7. The maximum Gasteiger partial charge on any atom is 0.261 e. The predicted octanol–water partition coefficient (Wildman–Crippen LogP) is 3.96. The Hall–Kier alpha value is -3.48. The van der Waals surface area contributed by atoms with Crippen LogP contribution < -0.4 is 9.64 Å². The molecule has 0 saturated carbocycles. The van der Waals surface area contributed by atoms with Crippen LogP contribution in [0.4, 0.5) is 5.95 Å². The number of para-hydroxylation sites is 1. The molecule has 1 aromatic carbocycles. The van der Waals surface area contributed by atoms with E-state index in [1.807, 2.05) is 74.3 Å². The van der Waals surface area contributed by atoms with Crippen molar-refractivity contribution in [1.82, 2.24) is 19.9 Å². The number of carbonyl (C=O) groups excluding carboxylic acids is 1. The number of aryl methyl sites for hydroxylation is 2. The van der Waals surface area contributed by atoms with Crippen LogP contribution in [0.1, 0.15) is 35.7 Å². The number of ether oxygens (including phenoxy) is 1. The first-order chi connectivity index (χ1) is 15.5. The summed E-state index contributed by atoms with van der Waals surface area (Å²) in [5, 5.41) is 0. The van der Waals surface area contributed by atoms with Crippen molar-refractivity contribution in [3.8, 4) is 16.9 Å². The molecule has 0 bridgehead atoms. The van der Waals surface area contributed by atoms with Gasteiger partial charge in [-0.2, -0.15) is 0 Å². The molecule has 7 nitrogen and oxygen atoms in total. The van der Waals surface area contributed by atoms with Gasteiger partial charge in [0.25, 0.3) is 5.91 Å². The Morgan fingerprint density at radius 2 is 1.88 bits per heavy atom. The van der Waals surface area contributed by atoms with Crippen LogP contribution >= 0.6 is 0 Å². The predicted molar refractivity (Wildman–Crippen MR) is 125 cm³/mol. The lowest BCUT2D eigenvalue weighted by Gasteiger charge is -2.27. The average Bonchev–Trinajstić information content (AvgIpc) is 3.29. The summed E-state index contributed by atoms with van der Waals surface area (Å²) in [7, 11) is 3.84. The maximum atomic E-state index is 13.2. The molecule has 1 atom stereocenters. The summed E-state index contributed by atoms with van der Waals surface area (Å²) in [5.74, 6) is 1.38. The van der Waals surface area contributed by atoms with Gasteiger partial charge in [0.2, 0.25) is 5.95 Å². The fourth-order valence-corrected chi connectivity index (χ4v) is 4.20. The third kappa shape index (κ3) is 4.42. The lowest BCUT2D eigenvalue weighted by molar-refractivity contribution is -0.134. The molecule has 0 radical (unpaired) electrons. The van der Waals surface area contributed by atoms with Crippen LogP contribution in [0.15, 0.2) is 48.9 Å². The summed E-state index contributed by atoms with van der Waals surface area (Å²) < 4.78 is 5.96. The Labute approximate surface area is 189 Å². The Bertz CT molecular complexity index is 1080. The van der Waals surface area contributed by atoms with E-state index in [1.165, 1.54) is 0 Å². The number of pyridine rings is 1. The minimum absolute atomic E-state index is 0.0123.